The first-order chi connectivity index (χ1) is 23.8. The van der Waals surface area contributed by atoms with E-state index in [0.29, 0.717) is 0 Å². The van der Waals surface area contributed by atoms with Gasteiger partial charge < -0.3 is 9.32 Å². The van der Waals surface area contributed by atoms with Gasteiger partial charge in [-0.15, -0.1) is 0 Å². The van der Waals surface area contributed by atoms with Gasteiger partial charge in [0.1, 0.15) is 11.2 Å². The Morgan fingerprint density at radius 3 is 1.33 bits per heavy atom. The van der Waals surface area contributed by atoms with E-state index in [1.807, 2.05) is 6.07 Å². The van der Waals surface area contributed by atoms with Crippen molar-refractivity contribution in [2.75, 3.05) is 4.90 Å². The van der Waals surface area contributed by atoms with E-state index in [9.17, 15) is 0 Å². The molecular weight excluding hydrogens is 583 g/mol. The summed E-state index contributed by atoms with van der Waals surface area (Å²) in [5, 5.41) is 4.77. The second-order valence-electron chi connectivity index (χ2n) is 12.1. The molecule has 0 aliphatic heterocycles. The standard InChI is InChI=1S/C46H31NO/c1-3-12-33(13-4-1)41-20-10-22-43-44-23-11-21-42(46(44)48-45(41)43)35-26-30-38(31-27-35)47(36-16-5-2-6-17-36)37-28-24-34(25-29-37)40-19-9-15-32-14-7-8-18-39(32)40/h1-31H. The van der Waals surface area contributed by atoms with Gasteiger partial charge in [-0.3, -0.25) is 0 Å². The molecule has 0 saturated heterocycles. The van der Waals surface area contributed by atoms with Gasteiger partial charge in [0.15, 0.2) is 0 Å². The predicted octanol–water partition coefficient (Wildman–Crippen LogP) is 13.2. The molecule has 0 atom stereocenters. The fraction of sp³-hybridized carbons (Fsp3) is 0. The van der Waals surface area contributed by atoms with Gasteiger partial charge in [0.2, 0.25) is 0 Å². The first-order valence-corrected chi connectivity index (χ1v) is 16.4. The molecule has 0 radical (unpaired) electrons. The highest BCUT2D eigenvalue weighted by Crippen LogP contribution is 2.41. The van der Waals surface area contributed by atoms with Crippen LogP contribution in [0.1, 0.15) is 0 Å². The van der Waals surface area contributed by atoms with Crippen LogP contribution in [0, 0.1) is 0 Å². The Kier molecular flexibility index (Phi) is 6.84. The second kappa shape index (κ2) is 11.8. The van der Waals surface area contributed by atoms with Crippen LogP contribution in [0.15, 0.2) is 192 Å². The molecule has 226 valence electrons. The Bertz CT molecular complexity index is 2530. The number of rotatable bonds is 6. The van der Waals surface area contributed by atoms with E-state index in [1.54, 1.807) is 0 Å². The highest BCUT2D eigenvalue weighted by molar-refractivity contribution is 6.13. The number of fused-ring (bicyclic) bond motifs is 4. The molecule has 0 amide bonds. The molecule has 0 bridgehead atoms. The summed E-state index contributed by atoms with van der Waals surface area (Å²) in [6.45, 7) is 0. The van der Waals surface area contributed by atoms with Gasteiger partial charge in [-0.25, -0.2) is 0 Å². The summed E-state index contributed by atoms with van der Waals surface area (Å²) in [5.41, 5.74) is 12.0. The monoisotopic (exact) mass is 613 g/mol. The topological polar surface area (TPSA) is 16.4 Å². The van der Waals surface area contributed by atoms with E-state index in [1.165, 1.54) is 21.9 Å². The van der Waals surface area contributed by atoms with E-state index in [0.717, 1.165) is 61.3 Å². The van der Waals surface area contributed by atoms with Crippen LogP contribution in [0.3, 0.4) is 0 Å². The van der Waals surface area contributed by atoms with Crippen molar-refractivity contribution in [2.45, 2.75) is 0 Å². The molecule has 0 fully saturated rings. The first kappa shape index (κ1) is 27.9. The zero-order valence-corrected chi connectivity index (χ0v) is 26.3. The molecule has 2 heteroatoms. The van der Waals surface area contributed by atoms with Crippen LogP contribution in [-0.2, 0) is 0 Å². The van der Waals surface area contributed by atoms with Gasteiger partial charge in [-0.05, 0) is 69.4 Å². The van der Waals surface area contributed by atoms with Gasteiger partial charge in [0.05, 0.1) is 0 Å². The second-order valence-corrected chi connectivity index (χ2v) is 12.1. The van der Waals surface area contributed by atoms with Crippen LogP contribution >= 0.6 is 0 Å². The molecule has 0 spiro atoms. The molecule has 1 heterocycles. The Morgan fingerprint density at radius 1 is 0.292 bits per heavy atom. The minimum absolute atomic E-state index is 0.910. The van der Waals surface area contributed by atoms with Crippen molar-refractivity contribution in [3.63, 3.8) is 0 Å². The first-order valence-electron chi connectivity index (χ1n) is 16.4. The summed E-state index contributed by atoms with van der Waals surface area (Å²) in [4.78, 5) is 2.31. The van der Waals surface area contributed by atoms with Crippen LogP contribution in [-0.4, -0.2) is 0 Å². The van der Waals surface area contributed by atoms with E-state index < -0.39 is 0 Å². The van der Waals surface area contributed by atoms with Crippen molar-refractivity contribution >= 4 is 49.8 Å². The van der Waals surface area contributed by atoms with Crippen molar-refractivity contribution < 1.29 is 4.42 Å². The van der Waals surface area contributed by atoms with E-state index in [2.05, 4.69) is 187 Å². The Balaban J connectivity index is 1.11. The molecular formula is C46H31NO. The molecule has 1 aromatic heterocycles. The van der Waals surface area contributed by atoms with Crippen molar-refractivity contribution in [3.8, 4) is 33.4 Å². The minimum atomic E-state index is 0.910. The SMILES string of the molecule is c1ccc(-c2cccc3c2oc2c(-c4ccc(N(c5ccccc5)c5ccc(-c6cccc7ccccc67)cc5)cc4)cccc23)cc1. The summed E-state index contributed by atoms with van der Waals surface area (Å²) < 4.78 is 6.70. The zero-order chi connectivity index (χ0) is 31.9. The Labute approximate surface area is 279 Å². The lowest BCUT2D eigenvalue weighted by Gasteiger charge is -2.26. The van der Waals surface area contributed by atoms with Crippen molar-refractivity contribution in [2.24, 2.45) is 0 Å². The number of furan rings is 1. The molecule has 9 aromatic rings. The van der Waals surface area contributed by atoms with Gasteiger partial charge in [-0.2, -0.15) is 0 Å². The number of hydrogen-bond donors (Lipinski definition) is 0. The van der Waals surface area contributed by atoms with Crippen LogP contribution in [0.2, 0.25) is 0 Å². The molecule has 48 heavy (non-hydrogen) atoms. The maximum atomic E-state index is 6.70. The van der Waals surface area contributed by atoms with E-state index in [-0.39, 0.29) is 0 Å². The van der Waals surface area contributed by atoms with Crippen molar-refractivity contribution in [3.05, 3.63) is 188 Å². The summed E-state index contributed by atoms with van der Waals surface area (Å²) in [7, 11) is 0. The average Bonchev–Trinajstić information content (AvgIpc) is 3.56. The Morgan fingerprint density at radius 2 is 0.708 bits per heavy atom. The summed E-state index contributed by atoms with van der Waals surface area (Å²) in [6.07, 6.45) is 0. The van der Waals surface area contributed by atoms with Gasteiger partial charge in [0, 0.05) is 39.0 Å². The minimum Gasteiger partial charge on any atom is -0.455 e. The number of para-hydroxylation sites is 3. The highest BCUT2D eigenvalue weighted by Gasteiger charge is 2.17. The number of hydrogen-bond acceptors (Lipinski definition) is 2. The molecule has 9 rings (SSSR count). The molecule has 0 N–H and O–H groups in total. The number of nitrogens with zero attached hydrogens (tertiary/aromatic N) is 1. The Hall–Kier alpha value is -6.38. The molecule has 8 aromatic carbocycles. The van der Waals surface area contributed by atoms with Crippen molar-refractivity contribution in [1.82, 2.24) is 0 Å². The predicted molar refractivity (Wildman–Crippen MR) is 202 cm³/mol. The fourth-order valence-electron chi connectivity index (χ4n) is 6.97. The number of benzene rings is 8. The lowest BCUT2D eigenvalue weighted by molar-refractivity contribution is 0.671. The number of anilines is 3. The third-order valence-electron chi connectivity index (χ3n) is 9.29. The molecule has 2 nitrogen and oxygen atoms in total. The summed E-state index contributed by atoms with van der Waals surface area (Å²) in [6, 6.07) is 66.7. The maximum Gasteiger partial charge on any atom is 0.143 e. The summed E-state index contributed by atoms with van der Waals surface area (Å²) in [5.74, 6) is 0. The molecule has 0 aliphatic carbocycles. The zero-order valence-electron chi connectivity index (χ0n) is 26.3. The van der Waals surface area contributed by atoms with Crippen molar-refractivity contribution in [1.29, 1.82) is 0 Å². The fourth-order valence-corrected chi connectivity index (χ4v) is 6.97. The van der Waals surface area contributed by atoms with Crippen LogP contribution in [0.4, 0.5) is 17.1 Å². The highest BCUT2D eigenvalue weighted by atomic mass is 16.3. The quantitative estimate of drug-likeness (QED) is 0.185. The molecule has 0 aliphatic rings. The summed E-state index contributed by atoms with van der Waals surface area (Å²) >= 11 is 0. The van der Waals surface area contributed by atoms with E-state index in [4.69, 9.17) is 4.42 Å². The molecule has 0 unspecified atom stereocenters. The lowest BCUT2D eigenvalue weighted by atomic mass is 9.98. The van der Waals surface area contributed by atoms with Crippen LogP contribution in [0.5, 0.6) is 0 Å². The maximum absolute atomic E-state index is 6.70. The normalized spacial score (nSPS) is 11.3. The van der Waals surface area contributed by atoms with Crippen LogP contribution < -0.4 is 4.90 Å². The van der Waals surface area contributed by atoms with E-state index >= 15 is 0 Å². The molecule has 0 saturated carbocycles. The largest absolute Gasteiger partial charge is 0.455 e. The average molecular weight is 614 g/mol. The van der Waals surface area contributed by atoms with Crippen LogP contribution in [0.25, 0.3) is 66.1 Å². The smallest absolute Gasteiger partial charge is 0.143 e. The third-order valence-corrected chi connectivity index (χ3v) is 9.29. The van der Waals surface area contributed by atoms with Gasteiger partial charge >= 0.3 is 0 Å². The van der Waals surface area contributed by atoms with Gasteiger partial charge in [-0.1, -0.05) is 152 Å². The lowest BCUT2D eigenvalue weighted by Crippen LogP contribution is -2.09. The third kappa shape index (κ3) is 4.83. The van der Waals surface area contributed by atoms with Gasteiger partial charge in [0.25, 0.3) is 0 Å².